The van der Waals surface area contributed by atoms with Crippen molar-refractivity contribution >= 4 is 23.5 Å². The number of carbonyl (C=O) groups is 2. The Hall–Kier alpha value is -0.770. The van der Waals surface area contributed by atoms with E-state index < -0.39 is 6.09 Å². The third kappa shape index (κ3) is 3.96. The first-order chi connectivity index (χ1) is 6.56. The number of ether oxygens (including phenoxy) is 1. The fraction of sp³-hybridized carbons (Fsp3) is 0.778. The molecule has 1 unspecified atom stereocenters. The van der Waals surface area contributed by atoms with Crippen molar-refractivity contribution in [2.75, 3.05) is 26.1 Å². The monoisotopic (exact) mass is 221 g/mol. The van der Waals surface area contributed by atoms with Gasteiger partial charge in [-0.3, -0.25) is 4.79 Å². The van der Waals surface area contributed by atoms with Crippen molar-refractivity contribution in [3.8, 4) is 0 Å². The van der Waals surface area contributed by atoms with E-state index in [2.05, 4.69) is 4.74 Å². The number of carbonyl (C=O) groups excluding carboxylic acids is 2. The number of amides is 1. The number of halogens is 1. The minimum Gasteiger partial charge on any atom is -0.453 e. The van der Waals surface area contributed by atoms with Gasteiger partial charge >= 0.3 is 6.09 Å². The second-order valence-corrected chi connectivity index (χ2v) is 3.28. The van der Waals surface area contributed by atoms with Crippen LogP contribution in [0.1, 0.15) is 13.8 Å². The Morgan fingerprint density at radius 3 is 2.43 bits per heavy atom. The van der Waals surface area contributed by atoms with Gasteiger partial charge in [-0.1, -0.05) is 6.92 Å². The maximum atomic E-state index is 11.2. The number of hydrogen-bond donors (Lipinski definition) is 0. The molecule has 0 heterocycles. The van der Waals surface area contributed by atoms with Crippen molar-refractivity contribution in [1.82, 2.24) is 4.90 Å². The van der Waals surface area contributed by atoms with Crippen molar-refractivity contribution in [3.05, 3.63) is 0 Å². The highest BCUT2D eigenvalue weighted by molar-refractivity contribution is 6.27. The standard InChI is InChI=1S/C9H16ClNO3/c1-4-11(9(13)14-3)6-7(2)8(12)5-10/h7H,4-6H2,1-3H3. The van der Waals surface area contributed by atoms with E-state index in [0.717, 1.165) is 0 Å². The Kier molecular flexibility index (Phi) is 6.28. The van der Waals surface area contributed by atoms with Gasteiger partial charge in [-0.15, -0.1) is 11.6 Å². The van der Waals surface area contributed by atoms with Crippen LogP contribution < -0.4 is 0 Å². The van der Waals surface area contributed by atoms with Crippen LogP contribution in [0.4, 0.5) is 4.79 Å². The van der Waals surface area contributed by atoms with Crippen molar-refractivity contribution in [2.45, 2.75) is 13.8 Å². The van der Waals surface area contributed by atoms with Crippen molar-refractivity contribution in [2.24, 2.45) is 5.92 Å². The van der Waals surface area contributed by atoms with E-state index in [9.17, 15) is 9.59 Å². The number of ketones is 1. The van der Waals surface area contributed by atoms with Crippen LogP contribution in [-0.4, -0.2) is 42.9 Å². The molecule has 82 valence electrons. The molecule has 0 saturated carbocycles. The van der Waals surface area contributed by atoms with Crippen LogP contribution in [0.2, 0.25) is 0 Å². The van der Waals surface area contributed by atoms with E-state index in [1.807, 2.05) is 6.92 Å². The second-order valence-electron chi connectivity index (χ2n) is 3.01. The molecule has 0 spiro atoms. The molecule has 14 heavy (non-hydrogen) atoms. The summed E-state index contributed by atoms with van der Waals surface area (Å²) in [4.78, 5) is 23.8. The molecule has 1 atom stereocenters. The summed E-state index contributed by atoms with van der Waals surface area (Å²) in [6.07, 6.45) is -0.415. The lowest BCUT2D eigenvalue weighted by Crippen LogP contribution is -2.36. The molecule has 4 nitrogen and oxygen atoms in total. The first-order valence-electron chi connectivity index (χ1n) is 4.48. The van der Waals surface area contributed by atoms with Crippen LogP contribution in [0.25, 0.3) is 0 Å². The first-order valence-corrected chi connectivity index (χ1v) is 5.01. The summed E-state index contributed by atoms with van der Waals surface area (Å²) in [5, 5.41) is 0. The van der Waals surface area contributed by atoms with Gasteiger partial charge in [0.05, 0.1) is 13.0 Å². The fourth-order valence-corrected chi connectivity index (χ4v) is 1.29. The predicted octanol–water partition coefficient (Wildman–Crippen LogP) is 1.52. The van der Waals surface area contributed by atoms with Crippen LogP contribution >= 0.6 is 11.6 Å². The maximum Gasteiger partial charge on any atom is 0.409 e. The van der Waals surface area contributed by atoms with Gasteiger partial charge in [-0.2, -0.15) is 0 Å². The molecule has 0 bridgehead atoms. The van der Waals surface area contributed by atoms with E-state index in [1.54, 1.807) is 6.92 Å². The van der Waals surface area contributed by atoms with E-state index in [1.165, 1.54) is 12.0 Å². The van der Waals surface area contributed by atoms with Crippen LogP contribution in [-0.2, 0) is 9.53 Å². The summed E-state index contributed by atoms with van der Waals surface area (Å²) in [5.41, 5.74) is 0. The van der Waals surface area contributed by atoms with E-state index in [0.29, 0.717) is 13.1 Å². The molecule has 0 aromatic heterocycles. The van der Waals surface area contributed by atoms with E-state index in [-0.39, 0.29) is 17.6 Å². The highest BCUT2D eigenvalue weighted by atomic mass is 35.5. The molecule has 0 aliphatic heterocycles. The SMILES string of the molecule is CCN(CC(C)C(=O)CCl)C(=O)OC. The molecular weight excluding hydrogens is 206 g/mol. The van der Waals surface area contributed by atoms with Gasteiger partial charge in [0.2, 0.25) is 0 Å². The molecule has 0 rings (SSSR count). The predicted molar refractivity (Wildman–Crippen MR) is 54.5 cm³/mol. The Labute approximate surface area is 89.2 Å². The Balaban J connectivity index is 4.17. The summed E-state index contributed by atoms with van der Waals surface area (Å²) in [5.74, 6) is -0.319. The summed E-state index contributed by atoms with van der Waals surface area (Å²) in [7, 11) is 1.32. The van der Waals surface area contributed by atoms with Crippen molar-refractivity contribution < 1.29 is 14.3 Å². The Morgan fingerprint density at radius 2 is 2.07 bits per heavy atom. The highest BCUT2D eigenvalue weighted by Gasteiger charge is 2.19. The average molecular weight is 222 g/mol. The highest BCUT2D eigenvalue weighted by Crippen LogP contribution is 2.04. The summed E-state index contributed by atoms with van der Waals surface area (Å²) >= 11 is 5.40. The molecule has 0 N–H and O–H groups in total. The lowest BCUT2D eigenvalue weighted by molar-refractivity contribution is -0.120. The van der Waals surface area contributed by atoms with Gasteiger partial charge in [0.25, 0.3) is 0 Å². The molecule has 0 fully saturated rings. The topological polar surface area (TPSA) is 46.6 Å². The fourth-order valence-electron chi connectivity index (χ4n) is 1.03. The summed E-state index contributed by atoms with van der Waals surface area (Å²) in [6.45, 7) is 4.45. The Morgan fingerprint density at radius 1 is 1.50 bits per heavy atom. The average Bonchev–Trinajstić information content (AvgIpc) is 2.22. The lowest BCUT2D eigenvalue weighted by Gasteiger charge is -2.21. The number of methoxy groups -OCH3 is 1. The van der Waals surface area contributed by atoms with Gasteiger partial charge < -0.3 is 9.64 Å². The first kappa shape index (κ1) is 13.2. The zero-order valence-electron chi connectivity index (χ0n) is 8.75. The second kappa shape index (κ2) is 6.65. The quantitative estimate of drug-likeness (QED) is 0.662. The van der Waals surface area contributed by atoms with Crippen LogP contribution in [0, 0.1) is 5.92 Å². The van der Waals surface area contributed by atoms with Crippen molar-refractivity contribution in [3.63, 3.8) is 0 Å². The minimum atomic E-state index is -0.415. The molecule has 0 aliphatic carbocycles. The smallest absolute Gasteiger partial charge is 0.409 e. The Bertz CT molecular complexity index is 208. The van der Waals surface area contributed by atoms with E-state index in [4.69, 9.17) is 11.6 Å². The minimum absolute atomic E-state index is 0.0140. The lowest BCUT2D eigenvalue weighted by atomic mass is 10.1. The molecule has 0 saturated heterocycles. The zero-order chi connectivity index (χ0) is 11.1. The maximum absolute atomic E-state index is 11.2. The third-order valence-corrected chi connectivity index (χ3v) is 2.25. The van der Waals surface area contributed by atoms with Gasteiger partial charge in [-0.25, -0.2) is 4.79 Å². The molecule has 5 heteroatoms. The molecule has 0 aliphatic rings. The normalized spacial score (nSPS) is 12.0. The van der Waals surface area contributed by atoms with Gasteiger partial charge in [-0.05, 0) is 6.92 Å². The number of Topliss-reactive ketones (excluding diaryl/α,β-unsaturated/α-hetero) is 1. The van der Waals surface area contributed by atoms with Crippen LogP contribution in [0.15, 0.2) is 0 Å². The number of nitrogens with zero attached hydrogens (tertiary/aromatic N) is 1. The molecular formula is C9H16ClNO3. The van der Waals surface area contributed by atoms with E-state index >= 15 is 0 Å². The number of rotatable bonds is 5. The molecule has 0 aromatic carbocycles. The van der Waals surface area contributed by atoms with Crippen LogP contribution in [0.3, 0.4) is 0 Å². The third-order valence-electron chi connectivity index (χ3n) is 1.99. The van der Waals surface area contributed by atoms with Gasteiger partial charge in [0.1, 0.15) is 0 Å². The number of alkyl halides is 1. The molecule has 0 aromatic rings. The van der Waals surface area contributed by atoms with Gasteiger partial charge in [0.15, 0.2) is 5.78 Å². The van der Waals surface area contributed by atoms with Crippen molar-refractivity contribution in [1.29, 1.82) is 0 Å². The summed E-state index contributed by atoms with van der Waals surface area (Å²) < 4.78 is 4.56. The largest absolute Gasteiger partial charge is 0.453 e. The van der Waals surface area contributed by atoms with Crippen LogP contribution in [0.5, 0.6) is 0 Å². The molecule has 0 radical (unpaired) electrons. The number of hydrogen-bond acceptors (Lipinski definition) is 3. The zero-order valence-corrected chi connectivity index (χ0v) is 9.50. The molecule has 1 amide bonds. The van der Waals surface area contributed by atoms with Gasteiger partial charge in [0, 0.05) is 19.0 Å². The summed E-state index contributed by atoms with van der Waals surface area (Å²) in [6, 6.07) is 0.